The molecule has 1 aromatic carbocycles. The van der Waals surface area contributed by atoms with Crippen LogP contribution in [0, 0.1) is 5.92 Å². The molecule has 1 saturated carbocycles. The first-order valence-electron chi connectivity index (χ1n) is 10.6. The SMILES string of the molecule is O=C(Nc1nc2c(-c3ccc4c(c3)C(=O)N(Cc3cccnc3)C4=O)cccn2n1)C1CC1. The second-order valence-electron chi connectivity index (χ2n) is 8.21. The van der Waals surface area contributed by atoms with Gasteiger partial charge in [-0.2, -0.15) is 4.98 Å². The summed E-state index contributed by atoms with van der Waals surface area (Å²) < 4.78 is 1.59. The van der Waals surface area contributed by atoms with Crippen molar-refractivity contribution in [2.75, 3.05) is 5.32 Å². The summed E-state index contributed by atoms with van der Waals surface area (Å²) in [6, 6.07) is 12.5. The summed E-state index contributed by atoms with van der Waals surface area (Å²) in [6.45, 7) is 0.166. The van der Waals surface area contributed by atoms with Crippen molar-refractivity contribution in [2.24, 2.45) is 5.92 Å². The molecular weight excluding hydrogens is 420 g/mol. The second kappa shape index (κ2) is 7.33. The first kappa shape index (κ1) is 19.3. The predicted octanol–water partition coefficient (Wildman–Crippen LogP) is 2.94. The summed E-state index contributed by atoms with van der Waals surface area (Å²) in [4.78, 5) is 47.8. The fourth-order valence-electron chi connectivity index (χ4n) is 4.02. The van der Waals surface area contributed by atoms with Crippen molar-refractivity contribution in [3.8, 4) is 11.1 Å². The van der Waals surface area contributed by atoms with Crippen LogP contribution in [0.5, 0.6) is 0 Å². The van der Waals surface area contributed by atoms with Gasteiger partial charge < -0.3 is 0 Å². The van der Waals surface area contributed by atoms with Gasteiger partial charge in [0.2, 0.25) is 11.9 Å². The molecule has 1 fully saturated rings. The third-order valence-electron chi connectivity index (χ3n) is 5.89. The van der Waals surface area contributed by atoms with Gasteiger partial charge in [0, 0.05) is 30.1 Å². The Hall–Kier alpha value is -4.40. The number of anilines is 1. The molecular formula is C24H18N6O3. The van der Waals surface area contributed by atoms with Crippen molar-refractivity contribution in [1.82, 2.24) is 24.5 Å². The zero-order valence-corrected chi connectivity index (χ0v) is 17.4. The van der Waals surface area contributed by atoms with Crippen molar-refractivity contribution in [2.45, 2.75) is 19.4 Å². The first-order valence-corrected chi connectivity index (χ1v) is 10.6. The van der Waals surface area contributed by atoms with Gasteiger partial charge in [-0.3, -0.25) is 29.6 Å². The number of benzene rings is 1. The molecule has 1 aliphatic heterocycles. The molecule has 1 N–H and O–H groups in total. The van der Waals surface area contributed by atoms with Crippen LogP contribution in [-0.4, -0.2) is 42.2 Å². The molecule has 1 aliphatic carbocycles. The van der Waals surface area contributed by atoms with E-state index in [1.165, 1.54) is 4.90 Å². The van der Waals surface area contributed by atoms with E-state index in [2.05, 4.69) is 20.4 Å². The Kier molecular flexibility index (Phi) is 4.29. The molecule has 0 bridgehead atoms. The molecule has 3 aromatic heterocycles. The van der Waals surface area contributed by atoms with Crippen LogP contribution >= 0.6 is 0 Å². The van der Waals surface area contributed by atoms with Gasteiger partial charge in [-0.25, -0.2) is 4.52 Å². The van der Waals surface area contributed by atoms with Crippen LogP contribution in [0.25, 0.3) is 16.8 Å². The number of nitrogens with zero attached hydrogens (tertiary/aromatic N) is 5. The second-order valence-corrected chi connectivity index (χ2v) is 8.21. The van der Waals surface area contributed by atoms with E-state index < -0.39 is 0 Å². The number of amides is 3. The zero-order chi connectivity index (χ0) is 22.5. The van der Waals surface area contributed by atoms with Crippen LogP contribution in [0.3, 0.4) is 0 Å². The molecule has 6 rings (SSSR count). The fourth-order valence-corrected chi connectivity index (χ4v) is 4.02. The number of carbonyl (C=O) groups is 3. The summed E-state index contributed by atoms with van der Waals surface area (Å²) in [5, 5.41) is 7.11. The van der Waals surface area contributed by atoms with Gasteiger partial charge >= 0.3 is 0 Å². The maximum Gasteiger partial charge on any atom is 0.261 e. The van der Waals surface area contributed by atoms with E-state index in [-0.39, 0.29) is 36.1 Å². The Morgan fingerprint density at radius 1 is 1.03 bits per heavy atom. The molecule has 0 unspecified atom stereocenters. The van der Waals surface area contributed by atoms with Crippen molar-refractivity contribution in [3.63, 3.8) is 0 Å². The summed E-state index contributed by atoms with van der Waals surface area (Å²) in [5.41, 5.74) is 3.53. The number of hydrogen-bond acceptors (Lipinski definition) is 6. The third kappa shape index (κ3) is 3.34. The van der Waals surface area contributed by atoms with E-state index in [1.807, 2.05) is 18.2 Å². The molecule has 0 saturated heterocycles. The normalized spacial score (nSPS) is 15.2. The Morgan fingerprint density at radius 2 is 1.88 bits per heavy atom. The van der Waals surface area contributed by atoms with E-state index in [0.717, 1.165) is 29.5 Å². The minimum Gasteiger partial charge on any atom is -0.293 e. The lowest BCUT2D eigenvalue weighted by atomic mass is 10.0. The predicted molar refractivity (Wildman–Crippen MR) is 118 cm³/mol. The number of fused-ring (bicyclic) bond motifs is 2. The number of hydrogen-bond donors (Lipinski definition) is 1. The Bertz CT molecular complexity index is 1440. The summed E-state index contributed by atoms with van der Waals surface area (Å²) in [7, 11) is 0. The maximum atomic E-state index is 13.1. The number of nitrogens with one attached hydrogen (secondary N) is 1. The zero-order valence-electron chi connectivity index (χ0n) is 17.4. The highest BCUT2D eigenvalue weighted by atomic mass is 16.2. The van der Waals surface area contributed by atoms with Crippen LogP contribution in [0.2, 0.25) is 0 Å². The summed E-state index contributed by atoms with van der Waals surface area (Å²) in [6.07, 6.45) is 6.82. The van der Waals surface area contributed by atoms with Gasteiger partial charge in [-0.15, -0.1) is 5.10 Å². The fraction of sp³-hybridized carbons (Fsp3) is 0.167. The summed E-state index contributed by atoms with van der Waals surface area (Å²) >= 11 is 0. The lowest BCUT2D eigenvalue weighted by Crippen LogP contribution is -2.29. The number of pyridine rings is 2. The first-order chi connectivity index (χ1) is 16.1. The molecule has 0 spiro atoms. The van der Waals surface area contributed by atoms with Crippen molar-refractivity contribution in [3.05, 3.63) is 77.7 Å². The quantitative estimate of drug-likeness (QED) is 0.480. The van der Waals surface area contributed by atoms with Crippen LogP contribution in [0.1, 0.15) is 39.1 Å². The van der Waals surface area contributed by atoms with E-state index in [1.54, 1.807) is 47.4 Å². The molecule has 9 heteroatoms. The Morgan fingerprint density at radius 3 is 2.67 bits per heavy atom. The van der Waals surface area contributed by atoms with Gasteiger partial charge in [0.15, 0.2) is 5.65 Å². The molecule has 3 amide bonds. The van der Waals surface area contributed by atoms with Crippen LogP contribution in [0.4, 0.5) is 5.95 Å². The van der Waals surface area contributed by atoms with Crippen LogP contribution < -0.4 is 5.32 Å². The van der Waals surface area contributed by atoms with Crippen molar-refractivity contribution in [1.29, 1.82) is 0 Å². The number of imide groups is 1. The number of aromatic nitrogens is 4. The topological polar surface area (TPSA) is 110 Å². The van der Waals surface area contributed by atoms with Crippen LogP contribution in [-0.2, 0) is 11.3 Å². The largest absolute Gasteiger partial charge is 0.293 e. The van der Waals surface area contributed by atoms with Gasteiger partial charge in [0.05, 0.1) is 17.7 Å². The van der Waals surface area contributed by atoms with E-state index >= 15 is 0 Å². The standard InChI is InChI=1S/C24H18N6O3/c31-21(15-5-6-15)27-24-26-20-17(4-2-10-30(20)28-24)16-7-8-18-19(11-16)23(33)29(22(18)32)13-14-3-1-9-25-12-14/h1-4,7-12,15H,5-6,13H2,(H,27,28,31). The van der Waals surface area contributed by atoms with Gasteiger partial charge in [0.25, 0.3) is 11.8 Å². The smallest absolute Gasteiger partial charge is 0.261 e. The van der Waals surface area contributed by atoms with E-state index in [9.17, 15) is 14.4 Å². The van der Waals surface area contributed by atoms with Crippen molar-refractivity contribution < 1.29 is 14.4 Å². The molecule has 162 valence electrons. The third-order valence-corrected chi connectivity index (χ3v) is 5.89. The molecule has 9 nitrogen and oxygen atoms in total. The van der Waals surface area contributed by atoms with Gasteiger partial charge in [0.1, 0.15) is 0 Å². The average molecular weight is 438 g/mol. The molecule has 2 aliphatic rings. The lowest BCUT2D eigenvalue weighted by molar-refractivity contribution is -0.117. The van der Waals surface area contributed by atoms with Crippen molar-refractivity contribution >= 4 is 29.3 Å². The molecule has 0 radical (unpaired) electrons. The highest BCUT2D eigenvalue weighted by Gasteiger charge is 2.36. The van der Waals surface area contributed by atoms with E-state index in [4.69, 9.17) is 0 Å². The van der Waals surface area contributed by atoms with Gasteiger partial charge in [-0.1, -0.05) is 12.1 Å². The minimum atomic E-state index is -0.341. The Balaban J connectivity index is 1.34. The average Bonchev–Trinajstić information content (AvgIpc) is 3.57. The highest BCUT2D eigenvalue weighted by Crippen LogP contribution is 2.32. The Labute approximate surface area is 188 Å². The van der Waals surface area contributed by atoms with Crippen LogP contribution in [0.15, 0.2) is 61.1 Å². The molecule has 4 aromatic rings. The number of rotatable bonds is 5. The maximum absolute atomic E-state index is 13.1. The summed E-state index contributed by atoms with van der Waals surface area (Å²) in [5.74, 6) is -0.439. The minimum absolute atomic E-state index is 0.0472. The molecule has 4 heterocycles. The highest BCUT2D eigenvalue weighted by molar-refractivity contribution is 6.21. The molecule has 33 heavy (non-hydrogen) atoms. The lowest BCUT2D eigenvalue weighted by Gasteiger charge is -2.13. The molecule has 0 atom stereocenters. The van der Waals surface area contributed by atoms with E-state index in [0.29, 0.717) is 16.8 Å². The van der Waals surface area contributed by atoms with Gasteiger partial charge in [-0.05, 0) is 54.3 Å². The number of carbonyl (C=O) groups excluding carboxylic acids is 3. The monoisotopic (exact) mass is 438 g/mol.